The SMILES string of the molecule is CC(Cl)CN(C)c1ncc2sccc2n1. The summed E-state index contributed by atoms with van der Waals surface area (Å²) in [6.07, 6.45) is 1.86. The molecule has 0 fully saturated rings. The van der Waals surface area contributed by atoms with Gasteiger partial charge < -0.3 is 4.90 Å². The van der Waals surface area contributed by atoms with Gasteiger partial charge in [-0.2, -0.15) is 0 Å². The van der Waals surface area contributed by atoms with E-state index in [1.807, 2.05) is 36.5 Å². The minimum absolute atomic E-state index is 0.0942. The zero-order chi connectivity index (χ0) is 10.8. The summed E-state index contributed by atoms with van der Waals surface area (Å²) in [6.45, 7) is 2.71. The monoisotopic (exact) mass is 241 g/mol. The molecule has 0 radical (unpaired) electrons. The van der Waals surface area contributed by atoms with E-state index in [2.05, 4.69) is 9.97 Å². The van der Waals surface area contributed by atoms with E-state index in [0.717, 1.165) is 22.7 Å². The van der Waals surface area contributed by atoms with Gasteiger partial charge in [0.1, 0.15) is 0 Å². The molecule has 1 atom stereocenters. The van der Waals surface area contributed by atoms with Crippen LogP contribution >= 0.6 is 22.9 Å². The second-order valence-electron chi connectivity index (χ2n) is 3.50. The predicted molar refractivity (Wildman–Crippen MR) is 66.0 cm³/mol. The highest BCUT2D eigenvalue weighted by Crippen LogP contribution is 2.19. The molecule has 0 amide bonds. The Labute approximate surface area is 97.7 Å². The summed E-state index contributed by atoms with van der Waals surface area (Å²) in [5.74, 6) is 0.730. The molecule has 3 nitrogen and oxygen atoms in total. The molecular formula is C10H12ClN3S. The van der Waals surface area contributed by atoms with Crippen molar-refractivity contribution in [2.24, 2.45) is 0 Å². The second-order valence-corrected chi connectivity index (χ2v) is 5.19. The quantitative estimate of drug-likeness (QED) is 0.774. The first-order chi connectivity index (χ1) is 7.16. The van der Waals surface area contributed by atoms with Gasteiger partial charge in [-0.1, -0.05) is 0 Å². The van der Waals surface area contributed by atoms with Crippen molar-refractivity contribution < 1.29 is 0 Å². The lowest BCUT2D eigenvalue weighted by Gasteiger charge is -2.17. The Kier molecular flexibility index (Phi) is 3.07. The third-order valence-electron chi connectivity index (χ3n) is 2.06. The van der Waals surface area contributed by atoms with Gasteiger partial charge in [-0.15, -0.1) is 22.9 Å². The summed E-state index contributed by atoms with van der Waals surface area (Å²) in [5, 5.41) is 2.12. The van der Waals surface area contributed by atoms with Crippen molar-refractivity contribution in [1.82, 2.24) is 9.97 Å². The fourth-order valence-electron chi connectivity index (χ4n) is 1.40. The van der Waals surface area contributed by atoms with Crippen molar-refractivity contribution in [2.75, 3.05) is 18.5 Å². The van der Waals surface area contributed by atoms with Crippen LogP contribution in [0.1, 0.15) is 6.92 Å². The zero-order valence-corrected chi connectivity index (χ0v) is 10.2. The Morgan fingerprint density at radius 1 is 1.60 bits per heavy atom. The highest BCUT2D eigenvalue weighted by atomic mass is 35.5. The fourth-order valence-corrected chi connectivity index (χ4v) is 2.30. The van der Waals surface area contributed by atoms with Crippen LogP contribution in [0.2, 0.25) is 0 Å². The molecular weight excluding hydrogens is 230 g/mol. The van der Waals surface area contributed by atoms with E-state index >= 15 is 0 Å². The third kappa shape index (κ3) is 2.38. The third-order valence-corrected chi connectivity index (χ3v) is 3.04. The highest BCUT2D eigenvalue weighted by Gasteiger charge is 2.08. The number of alkyl halides is 1. The topological polar surface area (TPSA) is 29.0 Å². The van der Waals surface area contributed by atoms with E-state index in [0.29, 0.717) is 0 Å². The Balaban J connectivity index is 2.27. The molecule has 0 N–H and O–H groups in total. The van der Waals surface area contributed by atoms with Crippen molar-refractivity contribution in [2.45, 2.75) is 12.3 Å². The largest absolute Gasteiger partial charge is 0.342 e. The maximum atomic E-state index is 5.92. The normalized spacial score (nSPS) is 13.0. The van der Waals surface area contributed by atoms with Gasteiger partial charge in [-0.05, 0) is 18.4 Å². The van der Waals surface area contributed by atoms with Crippen molar-refractivity contribution in [3.63, 3.8) is 0 Å². The first-order valence-electron chi connectivity index (χ1n) is 4.72. The lowest BCUT2D eigenvalue weighted by atomic mass is 10.4. The van der Waals surface area contributed by atoms with Crippen molar-refractivity contribution in [3.8, 4) is 0 Å². The van der Waals surface area contributed by atoms with Crippen LogP contribution in [-0.2, 0) is 0 Å². The van der Waals surface area contributed by atoms with E-state index in [9.17, 15) is 0 Å². The molecule has 0 saturated carbocycles. The standard InChI is InChI=1S/C10H12ClN3S/c1-7(11)6-14(2)10-12-5-9-8(13-10)3-4-15-9/h3-5,7H,6H2,1-2H3. The molecule has 0 aliphatic heterocycles. The lowest BCUT2D eigenvalue weighted by Crippen LogP contribution is -2.25. The summed E-state index contributed by atoms with van der Waals surface area (Å²) in [7, 11) is 1.95. The molecule has 5 heteroatoms. The van der Waals surface area contributed by atoms with Gasteiger partial charge in [0.05, 0.1) is 16.4 Å². The number of hydrogen-bond donors (Lipinski definition) is 0. The molecule has 80 valence electrons. The summed E-state index contributed by atoms with van der Waals surface area (Å²) < 4.78 is 1.12. The van der Waals surface area contributed by atoms with E-state index in [-0.39, 0.29) is 5.38 Å². The smallest absolute Gasteiger partial charge is 0.225 e. The lowest BCUT2D eigenvalue weighted by molar-refractivity contribution is 0.829. The number of thiophene rings is 1. The highest BCUT2D eigenvalue weighted by molar-refractivity contribution is 7.17. The number of aromatic nitrogens is 2. The van der Waals surface area contributed by atoms with Gasteiger partial charge in [-0.3, -0.25) is 0 Å². The Morgan fingerprint density at radius 2 is 2.40 bits per heavy atom. The minimum Gasteiger partial charge on any atom is -0.342 e. The number of rotatable bonds is 3. The van der Waals surface area contributed by atoms with Crippen LogP contribution in [0.5, 0.6) is 0 Å². The minimum atomic E-state index is 0.0942. The number of nitrogens with zero attached hydrogens (tertiary/aromatic N) is 3. The molecule has 0 bridgehead atoms. The van der Waals surface area contributed by atoms with E-state index in [1.165, 1.54) is 0 Å². The van der Waals surface area contributed by atoms with Gasteiger partial charge in [0.25, 0.3) is 0 Å². The molecule has 0 saturated heterocycles. The maximum Gasteiger partial charge on any atom is 0.225 e. The molecule has 2 heterocycles. The van der Waals surface area contributed by atoms with Crippen LogP contribution in [-0.4, -0.2) is 28.9 Å². The van der Waals surface area contributed by atoms with Gasteiger partial charge in [0.15, 0.2) is 0 Å². The average molecular weight is 242 g/mol. The number of fused-ring (bicyclic) bond motifs is 1. The van der Waals surface area contributed by atoms with Gasteiger partial charge in [-0.25, -0.2) is 9.97 Å². The first kappa shape index (κ1) is 10.6. The molecule has 0 spiro atoms. The van der Waals surface area contributed by atoms with Crippen molar-refractivity contribution in [1.29, 1.82) is 0 Å². The molecule has 2 aromatic rings. The molecule has 1 unspecified atom stereocenters. The molecule has 2 rings (SSSR count). The van der Waals surface area contributed by atoms with Crippen LogP contribution in [0.15, 0.2) is 17.6 Å². The summed E-state index contributed by atoms with van der Waals surface area (Å²) >= 11 is 7.58. The summed E-state index contributed by atoms with van der Waals surface area (Å²) in [5.41, 5.74) is 0.999. The zero-order valence-electron chi connectivity index (χ0n) is 8.64. The molecule has 0 aliphatic carbocycles. The van der Waals surface area contributed by atoms with Crippen LogP contribution in [0.25, 0.3) is 10.2 Å². The number of halogens is 1. The fraction of sp³-hybridized carbons (Fsp3) is 0.400. The van der Waals surface area contributed by atoms with Crippen molar-refractivity contribution >= 4 is 39.1 Å². The molecule has 15 heavy (non-hydrogen) atoms. The summed E-state index contributed by atoms with van der Waals surface area (Å²) in [6, 6.07) is 2.00. The summed E-state index contributed by atoms with van der Waals surface area (Å²) in [4.78, 5) is 10.7. The second kappa shape index (κ2) is 4.33. The van der Waals surface area contributed by atoms with Crippen molar-refractivity contribution in [3.05, 3.63) is 17.6 Å². The van der Waals surface area contributed by atoms with Gasteiger partial charge in [0.2, 0.25) is 5.95 Å². The molecule has 0 aliphatic rings. The van der Waals surface area contributed by atoms with E-state index in [1.54, 1.807) is 11.3 Å². The first-order valence-corrected chi connectivity index (χ1v) is 6.04. The Morgan fingerprint density at radius 3 is 3.13 bits per heavy atom. The van der Waals surface area contributed by atoms with Crippen LogP contribution < -0.4 is 4.90 Å². The van der Waals surface area contributed by atoms with E-state index < -0.39 is 0 Å². The van der Waals surface area contributed by atoms with E-state index in [4.69, 9.17) is 11.6 Å². The maximum absolute atomic E-state index is 5.92. The predicted octanol–water partition coefficient (Wildman–Crippen LogP) is 2.75. The van der Waals surface area contributed by atoms with Crippen LogP contribution in [0.4, 0.5) is 5.95 Å². The average Bonchev–Trinajstić information content (AvgIpc) is 2.62. The number of anilines is 1. The molecule has 2 aromatic heterocycles. The number of hydrogen-bond acceptors (Lipinski definition) is 4. The van der Waals surface area contributed by atoms with Gasteiger partial charge in [0, 0.05) is 19.0 Å². The van der Waals surface area contributed by atoms with Gasteiger partial charge >= 0.3 is 0 Å². The van der Waals surface area contributed by atoms with Crippen LogP contribution in [0.3, 0.4) is 0 Å². The molecule has 0 aromatic carbocycles. The van der Waals surface area contributed by atoms with Crippen LogP contribution in [0, 0.1) is 0 Å². The Hall–Kier alpha value is -0.870. The Bertz CT molecular complexity index is 455.